The monoisotopic (exact) mass is 298 g/mol. The van der Waals surface area contributed by atoms with Crippen molar-refractivity contribution >= 4 is 17.5 Å². The van der Waals surface area contributed by atoms with E-state index in [9.17, 15) is 4.79 Å². The van der Waals surface area contributed by atoms with Crippen LogP contribution in [0.15, 0.2) is 24.3 Å². The van der Waals surface area contributed by atoms with Crippen LogP contribution in [0, 0.1) is 5.92 Å². The molecule has 0 heterocycles. The largest absolute Gasteiger partial charge is 0.490 e. The van der Waals surface area contributed by atoms with Crippen LogP contribution in [0.1, 0.15) is 19.8 Å². The van der Waals surface area contributed by atoms with Crippen molar-refractivity contribution in [2.75, 3.05) is 26.7 Å². The van der Waals surface area contributed by atoms with Gasteiger partial charge >= 0.3 is 0 Å². The van der Waals surface area contributed by atoms with Gasteiger partial charge in [-0.15, -0.1) is 0 Å². The summed E-state index contributed by atoms with van der Waals surface area (Å²) < 4.78 is 5.56. The molecular formula is C15H23ClN2O2. The summed E-state index contributed by atoms with van der Waals surface area (Å²) in [6, 6.07) is 7.31. The molecule has 0 aromatic heterocycles. The fourth-order valence-electron chi connectivity index (χ4n) is 1.66. The quantitative estimate of drug-likeness (QED) is 0.802. The minimum Gasteiger partial charge on any atom is -0.490 e. The second-order valence-corrected chi connectivity index (χ2v) is 5.38. The number of hydrogen-bond acceptors (Lipinski definition) is 3. The van der Waals surface area contributed by atoms with Crippen LogP contribution in [0.4, 0.5) is 0 Å². The maximum Gasteiger partial charge on any atom is 0.222 e. The molecule has 0 radical (unpaired) electrons. The fourth-order valence-corrected chi connectivity index (χ4v) is 1.85. The van der Waals surface area contributed by atoms with E-state index in [1.165, 1.54) is 0 Å². The molecule has 1 unspecified atom stereocenters. The molecule has 0 bridgehead atoms. The molecule has 0 aliphatic heterocycles. The third kappa shape index (κ3) is 5.80. The zero-order chi connectivity index (χ0) is 15.0. The van der Waals surface area contributed by atoms with Gasteiger partial charge in [-0.1, -0.05) is 30.7 Å². The summed E-state index contributed by atoms with van der Waals surface area (Å²) in [5.74, 6) is 1.14. The number of carbonyl (C=O) groups excluding carboxylic acids is 1. The van der Waals surface area contributed by atoms with E-state index in [-0.39, 0.29) is 5.91 Å². The van der Waals surface area contributed by atoms with Crippen molar-refractivity contribution in [1.82, 2.24) is 4.90 Å². The first-order valence-electron chi connectivity index (χ1n) is 6.86. The lowest BCUT2D eigenvalue weighted by Crippen LogP contribution is -2.31. The first kappa shape index (κ1) is 16.8. The Morgan fingerprint density at radius 3 is 2.80 bits per heavy atom. The molecule has 0 saturated heterocycles. The van der Waals surface area contributed by atoms with E-state index in [0.29, 0.717) is 42.8 Å². The highest BCUT2D eigenvalue weighted by atomic mass is 35.5. The lowest BCUT2D eigenvalue weighted by Gasteiger charge is -2.18. The predicted molar refractivity (Wildman–Crippen MR) is 82.0 cm³/mol. The summed E-state index contributed by atoms with van der Waals surface area (Å²) in [7, 11) is 1.78. The number of rotatable bonds is 8. The average molecular weight is 299 g/mol. The van der Waals surface area contributed by atoms with Crippen LogP contribution < -0.4 is 10.5 Å². The normalized spacial score (nSPS) is 12.0. The molecule has 1 atom stereocenters. The Morgan fingerprint density at radius 1 is 1.45 bits per heavy atom. The van der Waals surface area contributed by atoms with Gasteiger partial charge in [0.25, 0.3) is 0 Å². The smallest absolute Gasteiger partial charge is 0.222 e. The zero-order valence-electron chi connectivity index (χ0n) is 12.1. The molecule has 1 rings (SSSR count). The molecule has 0 spiro atoms. The number of amides is 1. The standard InChI is InChI=1S/C15H23ClN2O2/c1-12(11-17)7-8-15(19)18(2)9-10-20-14-6-4-3-5-13(14)16/h3-6,12H,7-11,17H2,1-2H3. The van der Waals surface area contributed by atoms with Crippen LogP contribution in [0.25, 0.3) is 0 Å². The van der Waals surface area contributed by atoms with Gasteiger partial charge in [-0.3, -0.25) is 4.79 Å². The number of benzene rings is 1. The van der Waals surface area contributed by atoms with Gasteiger partial charge in [-0.25, -0.2) is 0 Å². The summed E-state index contributed by atoms with van der Waals surface area (Å²) in [4.78, 5) is 13.6. The van der Waals surface area contributed by atoms with Gasteiger partial charge in [0, 0.05) is 13.5 Å². The van der Waals surface area contributed by atoms with Crippen LogP contribution in [0.3, 0.4) is 0 Å². The van der Waals surface area contributed by atoms with E-state index in [2.05, 4.69) is 0 Å². The molecule has 0 saturated carbocycles. The SMILES string of the molecule is CC(CN)CCC(=O)N(C)CCOc1ccccc1Cl. The number of para-hydroxylation sites is 1. The lowest BCUT2D eigenvalue weighted by atomic mass is 10.1. The van der Waals surface area contributed by atoms with E-state index in [1.54, 1.807) is 18.0 Å². The van der Waals surface area contributed by atoms with Crippen molar-refractivity contribution in [1.29, 1.82) is 0 Å². The topological polar surface area (TPSA) is 55.6 Å². The highest BCUT2D eigenvalue weighted by Crippen LogP contribution is 2.22. The highest BCUT2D eigenvalue weighted by Gasteiger charge is 2.10. The highest BCUT2D eigenvalue weighted by molar-refractivity contribution is 6.32. The number of carbonyl (C=O) groups is 1. The van der Waals surface area contributed by atoms with Crippen LogP contribution >= 0.6 is 11.6 Å². The first-order valence-corrected chi connectivity index (χ1v) is 7.23. The molecule has 0 aliphatic carbocycles. The van der Waals surface area contributed by atoms with Crippen molar-refractivity contribution in [2.24, 2.45) is 11.7 Å². The summed E-state index contributed by atoms with van der Waals surface area (Å²) in [6.45, 7) is 3.64. The molecule has 2 N–H and O–H groups in total. The molecule has 112 valence electrons. The first-order chi connectivity index (χ1) is 9.54. The number of nitrogens with zero attached hydrogens (tertiary/aromatic N) is 1. The molecule has 5 heteroatoms. The van der Waals surface area contributed by atoms with E-state index in [1.807, 2.05) is 25.1 Å². The van der Waals surface area contributed by atoms with Gasteiger partial charge in [-0.05, 0) is 31.0 Å². The Labute approximate surface area is 125 Å². The Morgan fingerprint density at radius 2 is 2.15 bits per heavy atom. The molecule has 0 fully saturated rings. The van der Waals surface area contributed by atoms with Crippen molar-refractivity contribution in [3.63, 3.8) is 0 Å². The van der Waals surface area contributed by atoms with Gasteiger partial charge in [0.2, 0.25) is 5.91 Å². The van der Waals surface area contributed by atoms with Gasteiger partial charge in [-0.2, -0.15) is 0 Å². The maximum atomic E-state index is 11.9. The van der Waals surface area contributed by atoms with Crippen LogP contribution in [0.2, 0.25) is 5.02 Å². The molecule has 1 amide bonds. The maximum absolute atomic E-state index is 11.9. The van der Waals surface area contributed by atoms with E-state index < -0.39 is 0 Å². The number of likely N-dealkylation sites (N-methyl/N-ethyl adjacent to an activating group) is 1. The van der Waals surface area contributed by atoms with Crippen molar-refractivity contribution < 1.29 is 9.53 Å². The summed E-state index contributed by atoms with van der Waals surface area (Å²) in [5, 5.41) is 0.582. The molecular weight excluding hydrogens is 276 g/mol. The molecule has 1 aromatic carbocycles. The van der Waals surface area contributed by atoms with Crippen molar-refractivity contribution in [3.05, 3.63) is 29.3 Å². The number of nitrogens with two attached hydrogens (primary N) is 1. The summed E-state index contributed by atoms with van der Waals surface area (Å²) in [5.41, 5.74) is 5.54. The second-order valence-electron chi connectivity index (χ2n) is 4.97. The third-order valence-electron chi connectivity index (χ3n) is 3.20. The van der Waals surface area contributed by atoms with Crippen LogP contribution in [0.5, 0.6) is 5.75 Å². The van der Waals surface area contributed by atoms with E-state index >= 15 is 0 Å². The summed E-state index contributed by atoms with van der Waals surface area (Å²) in [6.07, 6.45) is 1.35. The third-order valence-corrected chi connectivity index (χ3v) is 3.51. The van der Waals surface area contributed by atoms with Crippen molar-refractivity contribution in [3.8, 4) is 5.75 Å². The molecule has 20 heavy (non-hydrogen) atoms. The van der Waals surface area contributed by atoms with E-state index in [4.69, 9.17) is 22.1 Å². The van der Waals surface area contributed by atoms with Crippen molar-refractivity contribution in [2.45, 2.75) is 19.8 Å². The Bertz CT molecular complexity index is 426. The second kappa shape index (κ2) is 8.82. The average Bonchev–Trinajstić information content (AvgIpc) is 2.46. The molecule has 0 aliphatic rings. The molecule has 1 aromatic rings. The Hall–Kier alpha value is -1.26. The summed E-state index contributed by atoms with van der Waals surface area (Å²) >= 11 is 5.99. The molecule has 4 nitrogen and oxygen atoms in total. The van der Waals surface area contributed by atoms with Gasteiger partial charge < -0.3 is 15.4 Å². The number of halogens is 1. The van der Waals surface area contributed by atoms with Gasteiger partial charge in [0.15, 0.2) is 0 Å². The number of hydrogen-bond donors (Lipinski definition) is 1. The Kier molecular flexibility index (Phi) is 7.41. The van der Waals surface area contributed by atoms with E-state index in [0.717, 1.165) is 6.42 Å². The minimum absolute atomic E-state index is 0.119. The zero-order valence-corrected chi connectivity index (χ0v) is 12.9. The van der Waals surface area contributed by atoms with Crippen LogP contribution in [-0.4, -0.2) is 37.6 Å². The lowest BCUT2D eigenvalue weighted by molar-refractivity contribution is -0.130. The van der Waals surface area contributed by atoms with Crippen LogP contribution in [-0.2, 0) is 4.79 Å². The fraction of sp³-hybridized carbons (Fsp3) is 0.533. The van der Waals surface area contributed by atoms with Gasteiger partial charge in [0.05, 0.1) is 11.6 Å². The number of ether oxygens (including phenoxy) is 1. The van der Waals surface area contributed by atoms with Gasteiger partial charge in [0.1, 0.15) is 12.4 Å². The Balaban J connectivity index is 2.27. The predicted octanol–water partition coefficient (Wildman–Crippen LogP) is 2.55. The minimum atomic E-state index is 0.119.